The molecule has 0 atom stereocenters. The Kier molecular flexibility index (Phi) is 6.02. The Labute approximate surface area is 122 Å². The van der Waals surface area contributed by atoms with Gasteiger partial charge in [-0.15, -0.1) is 0 Å². The zero-order chi connectivity index (χ0) is 15.3. The van der Waals surface area contributed by atoms with Gasteiger partial charge in [-0.1, -0.05) is 13.8 Å². The van der Waals surface area contributed by atoms with Crippen LogP contribution in [0.4, 0.5) is 0 Å². The van der Waals surface area contributed by atoms with Crippen LogP contribution in [0.5, 0.6) is 5.75 Å². The van der Waals surface area contributed by atoms with E-state index in [9.17, 15) is 8.42 Å². The first-order valence-electron chi connectivity index (χ1n) is 7.03. The van der Waals surface area contributed by atoms with Crippen molar-refractivity contribution < 1.29 is 13.2 Å². The van der Waals surface area contributed by atoms with Gasteiger partial charge in [0.05, 0.1) is 7.11 Å². The molecule has 0 bridgehead atoms. The van der Waals surface area contributed by atoms with Gasteiger partial charge in [-0.2, -0.15) is 4.31 Å². The van der Waals surface area contributed by atoms with E-state index >= 15 is 0 Å². The molecule has 0 aliphatic heterocycles. The summed E-state index contributed by atoms with van der Waals surface area (Å²) in [6, 6.07) is 3.50. The first kappa shape index (κ1) is 17.0. The smallest absolute Gasteiger partial charge is 0.246 e. The van der Waals surface area contributed by atoms with Crippen molar-refractivity contribution >= 4 is 10.0 Å². The molecule has 1 rings (SSSR count). The van der Waals surface area contributed by atoms with E-state index in [0.717, 1.165) is 24.0 Å². The maximum absolute atomic E-state index is 12.8. The predicted molar refractivity (Wildman–Crippen MR) is 81.8 cm³/mol. The van der Waals surface area contributed by atoms with Gasteiger partial charge in [0.15, 0.2) is 0 Å². The maximum Gasteiger partial charge on any atom is 0.246 e. The van der Waals surface area contributed by atoms with Crippen LogP contribution in [0, 0.1) is 13.8 Å². The number of nitrogens with zero attached hydrogens (tertiary/aromatic N) is 1. The summed E-state index contributed by atoms with van der Waals surface area (Å²) in [6.07, 6.45) is 1.60. The number of benzene rings is 1. The molecule has 0 N–H and O–H groups in total. The molecule has 0 saturated heterocycles. The zero-order valence-corrected chi connectivity index (χ0v) is 13.9. The van der Waals surface area contributed by atoms with Crippen molar-refractivity contribution in [3.05, 3.63) is 23.3 Å². The van der Waals surface area contributed by atoms with Gasteiger partial charge < -0.3 is 4.74 Å². The van der Waals surface area contributed by atoms with E-state index in [2.05, 4.69) is 0 Å². The monoisotopic (exact) mass is 299 g/mol. The molecule has 0 spiro atoms. The van der Waals surface area contributed by atoms with Crippen molar-refractivity contribution in [1.82, 2.24) is 4.31 Å². The SMILES string of the molecule is CCCN(CCC)S(=O)(=O)c1cc(C)c(C)cc1OC. The van der Waals surface area contributed by atoms with Gasteiger partial charge in [-0.05, 0) is 49.9 Å². The highest BCUT2D eigenvalue weighted by Crippen LogP contribution is 2.30. The van der Waals surface area contributed by atoms with Crippen LogP contribution in [-0.4, -0.2) is 32.9 Å². The zero-order valence-electron chi connectivity index (χ0n) is 13.1. The van der Waals surface area contributed by atoms with Gasteiger partial charge in [0.2, 0.25) is 10.0 Å². The molecule has 1 aromatic rings. The van der Waals surface area contributed by atoms with E-state index in [1.807, 2.05) is 27.7 Å². The van der Waals surface area contributed by atoms with Crippen LogP contribution < -0.4 is 4.74 Å². The summed E-state index contributed by atoms with van der Waals surface area (Å²) < 4.78 is 32.4. The predicted octanol–water partition coefficient (Wildman–Crippen LogP) is 3.12. The third kappa shape index (κ3) is 3.52. The first-order chi connectivity index (χ1) is 9.38. The summed E-state index contributed by atoms with van der Waals surface area (Å²) in [6.45, 7) is 8.89. The van der Waals surface area contributed by atoms with Crippen LogP contribution in [-0.2, 0) is 10.0 Å². The van der Waals surface area contributed by atoms with E-state index in [4.69, 9.17) is 4.74 Å². The molecular formula is C15H25NO3S. The molecular weight excluding hydrogens is 274 g/mol. The van der Waals surface area contributed by atoms with Gasteiger partial charge >= 0.3 is 0 Å². The van der Waals surface area contributed by atoms with Gasteiger partial charge in [-0.3, -0.25) is 0 Å². The minimum atomic E-state index is -3.50. The second-order valence-corrected chi connectivity index (χ2v) is 6.90. The molecule has 20 heavy (non-hydrogen) atoms. The van der Waals surface area contributed by atoms with Crippen LogP contribution in [0.2, 0.25) is 0 Å². The van der Waals surface area contributed by atoms with Gasteiger partial charge in [0.25, 0.3) is 0 Å². The van der Waals surface area contributed by atoms with Gasteiger partial charge in [0.1, 0.15) is 10.6 Å². The van der Waals surface area contributed by atoms with E-state index in [1.54, 1.807) is 16.4 Å². The standard InChI is InChI=1S/C15H25NO3S/c1-6-8-16(9-7-2)20(17,18)15-11-13(4)12(3)10-14(15)19-5/h10-11H,6-9H2,1-5H3. The topological polar surface area (TPSA) is 46.6 Å². The average molecular weight is 299 g/mol. The minimum Gasteiger partial charge on any atom is -0.495 e. The summed E-state index contributed by atoms with van der Waals surface area (Å²) in [5.74, 6) is 0.422. The first-order valence-corrected chi connectivity index (χ1v) is 8.47. The number of hydrogen-bond donors (Lipinski definition) is 0. The Morgan fingerprint density at radius 2 is 1.55 bits per heavy atom. The molecule has 5 heteroatoms. The fourth-order valence-electron chi connectivity index (χ4n) is 2.11. The molecule has 0 amide bonds. The van der Waals surface area contributed by atoms with Crippen molar-refractivity contribution in [1.29, 1.82) is 0 Å². The highest BCUT2D eigenvalue weighted by atomic mass is 32.2. The second-order valence-electron chi connectivity index (χ2n) is 4.99. The van der Waals surface area contributed by atoms with Crippen molar-refractivity contribution in [2.45, 2.75) is 45.4 Å². The number of methoxy groups -OCH3 is 1. The summed E-state index contributed by atoms with van der Waals surface area (Å²) >= 11 is 0. The van der Waals surface area contributed by atoms with Gasteiger partial charge in [0, 0.05) is 13.1 Å². The Bertz CT molecular complexity index is 546. The van der Waals surface area contributed by atoms with Crippen LogP contribution in [0.1, 0.15) is 37.8 Å². The summed E-state index contributed by atoms with van der Waals surface area (Å²) in [4.78, 5) is 0.269. The van der Waals surface area contributed by atoms with Crippen LogP contribution in [0.3, 0.4) is 0 Å². The molecule has 0 fully saturated rings. The van der Waals surface area contributed by atoms with Crippen molar-refractivity contribution in [3.63, 3.8) is 0 Å². The lowest BCUT2D eigenvalue weighted by molar-refractivity contribution is 0.387. The third-order valence-corrected chi connectivity index (χ3v) is 5.26. The Morgan fingerprint density at radius 1 is 1.05 bits per heavy atom. The Hall–Kier alpha value is -1.07. The number of sulfonamides is 1. The third-order valence-electron chi connectivity index (χ3n) is 3.34. The molecule has 0 saturated carbocycles. The number of rotatable bonds is 7. The summed E-state index contributed by atoms with van der Waals surface area (Å²) in [5, 5.41) is 0. The molecule has 114 valence electrons. The fraction of sp³-hybridized carbons (Fsp3) is 0.600. The van der Waals surface area contributed by atoms with Crippen molar-refractivity contribution in [2.24, 2.45) is 0 Å². The van der Waals surface area contributed by atoms with Crippen molar-refractivity contribution in [3.8, 4) is 5.75 Å². The molecule has 0 radical (unpaired) electrons. The lowest BCUT2D eigenvalue weighted by Gasteiger charge is -2.22. The molecule has 0 unspecified atom stereocenters. The fourth-order valence-corrected chi connectivity index (χ4v) is 3.96. The van der Waals surface area contributed by atoms with Crippen molar-refractivity contribution in [2.75, 3.05) is 20.2 Å². The highest BCUT2D eigenvalue weighted by molar-refractivity contribution is 7.89. The van der Waals surface area contributed by atoms with Gasteiger partial charge in [-0.25, -0.2) is 8.42 Å². The van der Waals surface area contributed by atoms with Crippen LogP contribution >= 0.6 is 0 Å². The lowest BCUT2D eigenvalue weighted by atomic mass is 10.1. The second kappa shape index (κ2) is 7.09. The quantitative estimate of drug-likeness (QED) is 0.777. The molecule has 0 heterocycles. The van der Waals surface area contributed by atoms with E-state index in [-0.39, 0.29) is 4.90 Å². The average Bonchev–Trinajstić information content (AvgIpc) is 2.41. The molecule has 1 aromatic carbocycles. The molecule has 0 aromatic heterocycles. The molecule has 0 aliphatic carbocycles. The number of ether oxygens (including phenoxy) is 1. The minimum absolute atomic E-state index is 0.269. The Morgan fingerprint density at radius 3 is 2.00 bits per heavy atom. The largest absolute Gasteiger partial charge is 0.495 e. The molecule has 4 nitrogen and oxygen atoms in total. The van der Waals surface area contributed by atoms with Crippen LogP contribution in [0.25, 0.3) is 0 Å². The van der Waals surface area contributed by atoms with E-state index < -0.39 is 10.0 Å². The summed E-state index contributed by atoms with van der Waals surface area (Å²) in [5.41, 5.74) is 1.98. The Balaban J connectivity index is 3.36. The van der Waals surface area contributed by atoms with Crippen LogP contribution in [0.15, 0.2) is 17.0 Å². The van der Waals surface area contributed by atoms with E-state index in [1.165, 1.54) is 7.11 Å². The number of aryl methyl sites for hydroxylation is 2. The normalized spacial score (nSPS) is 11.9. The number of hydrogen-bond acceptors (Lipinski definition) is 3. The van der Waals surface area contributed by atoms with E-state index in [0.29, 0.717) is 18.8 Å². The highest BCUT2D eigenvalue weighted by Gasteiger charge is 2.27. The molecule has 0 aliphatic rings. The maximum atomic E-state index is 12.8. The lowest BCUT2D eigenvalue weighted by Crippen LogP contribution is -2.32. The summed E-state index contributed by atoms with van der Waals surface area (Å²) in [7, 11) is -1.99.